The van der Waals surface area contributed by atoms with Crippen LogP contribution < -0.4 is 4.74 Å². The second-order valence-electron chi connectivity index (χ2n) is 5.76. The third kappa shape index (κ3) is 5.96. The predicted octanol–water partition coefficient (Wildman–Crippen LogP) is 4.74. The fraction of sp³-hybridized carbons (Fsp3) is 0.667. The molecule has 0 fully saturated rings. The van der Waals surface area contributed by atoms with E-state index < -0.39 is 5.60 Å². The van der Waals surface area contributed by atoms with Crippen molar-refractivity contribution in [2.45, 2.75) is 71.3 Å². The van der Waals surface area contributed by atoms with Crippen molar-refractivity contribution < 1.29 is 9.84 Å². The smallest absolute Gasteiger partial charge is 0.119 e. The zero-order valence-corrected chi connectivity index (χ0v) is 13.3. The molecule has 1 N–H and O–H groups in total. The van der Waals surface area contributed by atoms with E-state index in [1.54, 1.807) is 0 Å². The summed E-state index contributed by atoms with van der Waals surface area (Å²) < 4.78 is 5.85. The van der Waals surface area contributed by atoms with Gasteiger partial charge >= 0.3 is 0 Å². The quantitative estimate of drug-likeness (QED) is 0.670. The fourth-order valence-corrected chi connectivity index (χ4v) is 2.59. The summed E-state index contributed by atoms with van der Waals surface area (Å²) in [4.78, 5) is 0. The minimum atomic E-state index is -0.678. The lowest BCUT2D eigenvalue weighted by Gasteiger charge is -2.27. The third-order valence-corrected chi connectivity index (χ3v) is 3.66. The monoisotopic (exact) mass is 278 g/mol. The molecule has 0 saturated heterocycles. The van der Waals surface area contributed by atoms with Gasteiger partial charge in [0.15, 0.2) is 0 Å². The number of aryl methyl sites for hydroxylation is 1. The molecule has 0 aliphatic carbocycles. The molecule has 0 aromatic heterocycles. The van der Waals surface area contributed by atoms with Crippen molar-refractivity contribution >= 4 is 0 Å². The zero-order chi connectivity index (χ0) is 14.8. The lowest BCUT2D eigenvalue weighted by Crippen LogP contribution is -2.35. The Bertz CT molecular complexity index is 367. The summed E-state index contributed by atoms with van der Waals surface area (Å²) in [7, 11) is 0. The molecule has 1 aromatic rings. The van der Waals surface area contributed by atoms with E-state index in [9.17, 15) is 5.11 Å². The van der Waals surface area contributed by atoms with Gasteiger partial charge in [0.2, 0.25) is 0 Å². The third-order valence-electron chi connectivity index (χ3n) is 3.66. The molecule has 0 spiro atoms. The van der Waals surface area contributed by atoms with Gasteiger partial charge in [-0.2, -0.15) is 0 Å². The van der Waals surface area contributed by atoms with Gasteiger partial charge in [-0.15, -0.1) is 0 Å². The van der Waals surface area contributed by atoms with Gasteiger partial charge in [0, 0.05) is 0 Å². The van der Waals surface area contributed by atoms with E-state index in [1.807, 2.05) is 12.1 Å². The standard InChI is InChI=1S/C18H30O2/c1-4-7-9-16-10-8-11-17(14-16)20-15-18(19,12-5-2)13-6-3/h8,10-11,14,19H,4-7,9,12-13,15H2,1-3H3. The summed E-state index contributed by atoms with van der Waals surface area (Å²) >= 11 is 0. The first kappa shape index (κ1) is 17.0. The number of unbranched alkanes of at least 4 members (excludes halogenated alkanes) is 1. The zero-order valence-electron chi connectivity index (χ0n) is 13.3. The van der Waals surface area contributed by atoms with Gasteiger partial charge in [-0.3, -0.25) is 0 Å². The first-order valence-electron chi connectivity index (χ1n) is 8.07. The Hall–Kier alpha value is -1.02. The van der Waals surface area contributed by atoms with Crippen LogP contribution in [0.3, 0.4) is 0 Å². The van der Waals surface area contributed by atoms with Crippen molar-refractivity contribution in [3.8, 4) is 5.75 Å². The van der Waals surface area contributed by atoms with Crippen LogP contribution in [0, 0.1) is 0 Å². The molecule has 2 heteroatoms. The van der Waals surface area contributed by atoms with Gasteiger partial charge in [0.05, 0.1) is 5.60 Å². The van der Waals surface area contributed by atoms with Crippen LogP contribution in [0.1, 0.15) is 64.9 Å². The molecule has 0 aliphatic heterocycles. The number of hydrogen-bond donors (Lipinski definition) is 1. The van der Waals surface area contributed by atoms with Crippen molar-refractivity contribution in [3.05, 3.63) is 29.8 Å². The Morgan fingerprint density at radius 1 is 1.05 bits per heavy atom. The van der Waals surface area contributed by atoms with Gasteiger partial charge in [-0.25, -0.2) is 0 Å². The van der Waals surface area contributed by atoms with E-state index in [2.05, 4.69) is 32.9 Å². The summed E-state index contributed by atoms with van der Waals surface area (Å²) in [5.74, 6) is 0.879. The van der Waals surface area contributed by atoms with Crippen molar-refractivity contribution in [1.82, 2.24) is 0 Å². The highest BCUT2D eigenvalue weighted by molar-refractivity contribution is 5.28. The average molecular weight is 278 g/mol. The van der Waals surface area contributed by atoms with Crippen LogP contribution in [0.25, 0.3) is 0 Å². The first-order chi connectivity index (χ1) is 9.63. The summed E-state index contributed by atoms with van der Waals surface area (Å²) in [6.45, 7) is 6.81. The molecule has 20 heavy (non-hydrogen) atoms. The molecular formula is C18H30O2. The summed E-state index contributed by atoms with van der Waals surface area (Å²) in [5.41, 5.74) is 0.641. The number of hydrogen-bond acceptors (Lipinski definition) is 2. The fourth-order valence-electron chi connectivity index (χ4n) is 2.59. The van der Waals surface area contributed by atoms with E-state index in [0.717, 1.165) is 37.9 Å². The summed E-state index contributed by atoms with van der Waals surface area (Å²) in [6.07, 6.45) is 7.08. The van der Waals surface area contributed by atoms with Gasteiger partial charge < -0.3 is 9.84 Å². The van der Waals surface area contributed by atoms with Crippen molar-refractivity contribution in [3.63, 3.8) is 0 Å². The molecule has 0 amide bonds. The Balaban J connectivity index is 2.58. The van der Waals surface area contributed by atoms with Gasteiger partial charge in [-0.1, -0.05) is 52.2 Å². The molecule has 0 saturated carbocycles. The highest BCUT2D eigenvalue weighted by Crippen LogP contribution is 2.22. The van der Waals surface area contributed by atoms with Crippen LogP contribution in [0.15, 0.2) is 24.3 Å². The van der Waals surface area contributed by atoms with Gasteiger partial charge in [0.1, 0.15) is 12.4 Å². The Labute approximate surface area is 124 Å². The van der Waals surface area contributed by atoms with E-state index in [-0.39, 0.29) is 0 Å². The lowest BCUT2D eigenvalue weighted by molar-refractivity contribution is -0.0202. The topological polar surface area (TPSA) is 29.5 Å². The van der Waals surface area contributed by atoms with E-state index >= 15 is 0 Å². The maximum Gasteiger partial charge on any atom is 0.119 e. The summed E-state index contributed by atoms with van der Waals surface area (Å²) in [6, 6.07) is 8.27. The van der Waals surface area contributed by atoms with Crippen molar-refractivity contribution in [2.75, 3.05) is 6.61 Å². The van der Waals surface area contributed by atoms with Gasteiger partial charge in [0.25, 0.3) is 0 Å². The predicted molar refractivity (Wildman–Crippen MR) is 85.3 cm³/mol. The molecule has 0 atom stereocenters. The minimum Gasteiger partial charge on any atom is -0.491 e. The van der Waals surface area contributed by atoms with E-state index in [4.69, 9.17) is 4.74 Å². The van der Waals surface area contributed by atoms with E-state index in [0.29, 0.717) is 6.61 Å². The molecule has 0 heterocycles. The SMILES string of the molecule is CCCCc1cccc(OCC(O)(CCC)CCC)c1. The van der Waals surface area contributed by atoms with Crippen LogP contribution in [-0.4, -0.2) is 17.3 Å². The van der Waals surface area contributed by atoms with E-state index in [1.165, 1.54) is 18.4 Å². The highest BCUT2D eigenvalue weighted by Gasteiger charge is 2.25. The van der Waals surface area contributed by atoms with Crippen molar-refractivity contribution in [1.29, 1.82) is 0 Å². The number of aliphatic hydroxyl groups is 1. The Morgan fingerprint density at radius 2 is 1.75 bits per heavy atom. The molecular weight excluding hydrogens is 248 g/mol. The molecule has 1 aromatic carbocycles. The average Bonchev–Trinajstić information content (AvgIpc) is 2.44. The molecule has 114 valence electrons. The van der Waals surface area contributed by atoms with Crippen LogP contribution in [0.4, 0.5) is 0 Å². The van der Waals surface area contributed by atoms with Crippen LogP contribution in [0.2, 0.25) is 0 Å². The number of benzene rings is 1. The van der Waals surface area contributed by atoms with Crippen LogP contribution in [0.5, 0.6) is 5.75 Å². The van der Waals surface area contributed by atoms with Crippen LogP contribution >= 0.6 is 0 Å². The normalized spacial score (nSPS) is 11.6. The molecule has 2 nitrogen and oxygen atoms in total. The second-order valence-corrected chi connectivity index (χ2v) is 5.76. The summed E-state index contributed by atoms with van der Waals surface area (Å²) in [5, 5.41) is 10.6. The maximum absolute atomic E-state index is 10.6. The minimum absolute atomic E-state index is 0.395. The Kier molecular flexibility index (Phi) is 7.68. The highest BCUT2D eigenvalue weighted by atomic mass is 16.5. The molecule has 0 aliphatic rings. The molecule has 0 unspecified atom stereocenters. The largest absolute Gasteiger partial charge is 0.491 e. The molecule has 1 rings (SSSR count). The Morgan fingerprint density at radius 3 is 2.35 bits per heavy atom. The number of rotatable bonds is 10. The first-order valence-corrected chi connectivity index (χ1v) is 8.07. The molecule has 0 radical (unpaired) electrons. The van der Waals surface area contributed by atoms with Crippen molar-refractivity contribution in [2.24, 2.45) is 0 Å². The second kappa shape index (κ2) is 9.02. The van der Waals surface area contributed by atoms with Gasteiger partial charge in [-0.05, 0) is 43.4 Å². The molecule has 0 bridgehead atoms. The lowest BCUT2D eigenvalue weighted by atomic mass is 9.94. The van der Waals surface area contributed by atoms with Crippen LogP contribution in [-0.2, 0) is 6.42 Å². The maximum atomic E-state index is 10.6. The number of ether oxygens (including phenoxy) is 1.